The van der Waals surface area contributed by atoms with Crippen LogP contribution in [0.3, 0.4) is 0 Å². The van der Waals surface area contributed by atoms with Gasteiger partial charge < -0.3 is 15.0 Å². The largest absolute Gasteiger partial charge is 0.492 e. The summed E-state index contributed by atoms with van der Waals surface area (Å²) < 4.78 is 35.3. The van der Waals surface area contributed by atoms with Crippen molar-refractivity contribution in [2.45, 2.75) is 57.1 Å². The maximum absolute atomic E-state index is 14.6. The second kappa shape index (κ2) is 16.3. The summed E-state index contributed by atoms with van der Waals surface area (Å²) >= 11 is 6.32. The van der Waals surface area contributed by atoms with E-state index in [4.69, 9.17) is 16.3 Å². The molecule has 1 N–H and O–H groups in total. The van der Waals surface area contributed by atoms with Gasteiger partial charge in [0, 0.05) is 24.0 Å². The molecule has 8 nitrogen and oxygen atoms in total. The lowest BCUT2D eigenvalue weighted by Gasteiger charge is -2.34. The number of ether oxygens (including phenoxy) is 1. The van der Waals surface area contributed by atoms with Crippen LogP contribution >= 0.6 is 11.6 Å². The molecule has 10 heteroatoms. The lowest BCUT2D eigenvalue weighted by molar-refractivity contribution is -0.140. The molecule has 4 rings (SSSR count). The molecule has 0 saturated carbocycles. The average molecular weight is 662 g/mol. The van der Waals surface area contributed by atoms with E-state index in [2.05, 4.69) is 5.32 Å². The lowest BCUT2D eigenvalue weighted by atomic mass is 10.0. The highest BCUT2D eigenvalue weighted by Gasteiger charge is 2.35. The van der Waals surface area contributed by atoms with Gasteiger partial charge in [-0.2, -0.15) is 0 Å². The van der Waals surface area contributed by atoms with E-state index in [0.717, 1.165) is 9.87 Å². The second-order valence-corrected chi connectivity index (χ2v) is 13.2. The zero-order chi connectivity index (χ0) is 33.1. The summed E-state index contributed by atoms with van der Waals surface area (Å²) in [4.78, 5) is 30.0. The van der Waals surface area contributed by atoms with Crippen molar-refractivity contribution in [3.8, 4) is 5.75 Å². The zero-order valence-corrected chi connectivity index (χ0v) is 27.9. The molecule has 4 aromatic carbocycles. The minimum Gasteiger partial charge on any atom is -0.492 e. The molecule has 0 bridgehead atoms. The standard InChI is InChI=1S/C36H40ClN3O5S/c1-4-27(3)38-36(42)33(24-28-15-8-6-9-16-28)39(25-29-17-14-18-30(37)23-29)35(41)26-40(32-21-12-13-22-34(32)45-5-2)46(43,44)31-19-10-7-11-20-31/h6-23,27,33H,4-5,24-26H2,1-3H3,(H,38,42)/t27-,33+/m1/s1. The van der Waals surface area contributed by atoms with Crippen molar-refractivity contribution in [1.29, 1.82) is 0 Å². The topological polar surface area (TPSA) is 96.0 Å². The SMILES string of the molecule is CCOc1ccccc1N(CC(=O)N(Cc1cccc(Cl)c1)[C@@H](Cc1ccccc1)C(=O)N[C@H](C)CC)S(=O)(=O)c1ccccc1. The smallest absolute Gasteiger partial charge is 0.264 e. The number of nitrogens with zero attached hydrogens (tertiary/aromatic N) is 2. The Morgan fingerprint density at radius 1 is 0.848 bits per heavy atom. The van der Waals surface area contributed by atoms with Crippen LogP contribution < -0.4 is 14.4 Å². The van der Waals surface area contributed by atoms with E-state index in [0.29, 0.717) is 29.4 Å². The van der Waals surface area contributed by atoms with E-state index in [9.17, 15) is 18.0 Å². The Balaban J connectivity index is 1.84. The molecule has 46 heavy (non-hydrogen) atoms. The summed E-state index contributed by atoms with van der Waals surface area (Å²) in [7, 11) is -4.25. The number of carbonyl (C=O) groups excluding carboxylic acids is 2. The Labute approximate surface area is 277 Å². The summed E-state index contributed by atoms with van der Waals surface area (Å²) in [6.07, 6.45) is 0.916. The first-order valence-corrected chi connectivity index (χ1v) is 17.1. The first-order valence-electron chi connectivity index (χ1n) is 15.3. The minimum atomic E-state index is -4.25. The Morgan fingerprint density at radius 2 is 1.48 bits per heavy atom. The van der Waals surface area contributed by atoms with Crippen LogP contribution in [0.5, 0.6) is 5.75 Å². The maximum atomic E-state index is 14.6. The molecule has 242 valence electrons. The van der Waals surface area contributed by atoms with Gasteiger partial charge in [-0.15, -0.1) is 0 Å². The van der Waals surface area contributed by atoms with Gasteiger partial charge in [0.2, 0.25) is 11.8 Å². The summed E-state index contributed by atoms with van der Waals surface area (Å²) in [6.45, 7) is 5.41. The molecule has 2 atom stereocenters. The highest BCUT2D eigenvalue weighted by atomic mass is 35.5. The molecular weight excluding hydrogens is 622 g/mol. The maximum Gasteiger partial charge on any atom is 0.264 e. The van der Waals surface area contributed by atoms with Gasteiger partial charge in [0.15, 0.2) is 0 Å². The van der Waals surface area contributed by atoms with Crippen LogP contribution in [-0.2, 0) is 32.6 Å². The van der Waals surface area contributed by atoms with E-state index in [-0.39, 0.29) is 35.5 Å². The zero-order valence-electron chi connectivity index (χ0n) is 26.3. The van der Waals surface area contributed by atoms with E-state index in [1.165, 1.54) is 17.0 Å². The molecule has 0 radical (unpaired) electrons. The number of carbonyl (C=O) groups is 2. The molecule has 0 aromatic heterocycles. The van der Waals surface area contributed by atoms with Gasteiger partial charge in [-0.1, -0.05) is 91.3 Å². The van der Waals surface area contributed by atoms with Crippen LogP contribution in [-0.4, -0.2) is 50.4 Å². The van der Waals surface area contributed by atoms with Gasteiger partial charge in [-0.25, -0.2) is 8.42 Å². The van der Waals surface area contributed by atoms with E-state index in [1.807, 2.05) is 50.2 Å². The van der Waals surface area contributed by atoms with Crippen molar-refractivity contribution in [2.24, 2.45) is 0 Å². The number of halogens is 1. The van der Waals surface area contributed by atoms with E-state index < -0.39 is 28.5 Å². The van der Waals surface area contributed by atoms with Crippen LogP contribution in [0.4, 0.5) is 5.69 Å². The van der Waals surface area contributed by atoms with Gasteiger partial charge in [0.1, 0.15) is 18.3 Å². The summed E-state index contributed by atoms with van der Waals surface area (Å²) in [5.74, 6) is -0.583. The van der Waals surface area contributed by atoms with Crippen LogP contribution in [0.2, 0.25) is 5.02 Å². The molecule has 0 saturated heterocycles. The first-order chi connectivity index (χ1) is 22.1. The quantitative estimate of drug-likeness (QED) is 0.157. The van der Waals surface area contributed by atoms with Crippen LogP contribution in [0.15, 0.2) is 114 Å². The van der Waals surface area contributed by atoms with Crippen molar-refractivity contribution in [3.63, 3.8) is 0 Å². The van der Waals surface area contributed by atoms with Crippen LogP contribution in [0.1, 0.15) is 38.3 Å². The van der Waals surface area contributed by atoms with E-state index >= 15 is 0 Å². The fourth-order valence-electron chi connectivity index (χ4n) is 5.00. The predicted octanol–water partition coefficient (Wildman–Crippen LogP) is 6.49. The monoisotopic (exact) mass is 661 g/mol. The first kappa shape index (κ1) is 34.5. The number of rotatable bonds is 15. The molecule has 0 fully saturated rings. The minimum absolute atomic E-state index is 0.0193. The molecule has 0 aliphatic carbocycles. The fraction of sp³-hybridized carbons (Fsp3) is 0.278. The highest BCUT2D eigenvalue weighted by Crippen LogP contribution is 2.33. The van der Waals surface area contributed by atoms with Crippen molar-refractivity contribution in [3.05, 3.63) is 125 Å². The number of anilines is 1. The van der Waals surface area contributed by atoms with Crippen molar-refractivity contribution in [1.82, 2.24) is 10.2 Å². The number of hydrogen-bond donors (Lipinski definition) is 1. The number of nitrogens with one attached hydrogen (secondary N) is 1. The third kappa shape index (κ3) is 8.89. The number of sulfonamides is 1. The Bertz CT molecular complexity index is 1700. The molecule has 0 aliphatic rings. The molecule has 2 amide bonds. The van der Waals surface area contributed by atoms with Crippen molar-refractivity contribution in [2.75, 3.05) is 17.5 Å². The number of amides is 2. The van der Waals surface area contributed by atoms with Gasteiger partial charge in [0.25, 0.3) is 10.0 Å². The van der Waals surface area contributed by atoms with Gasteiger partial charge in [-0.05, 0) is 67.8 Å². The Hall–Kier alpha value is -4.34. The van der Waals surface area contributed by atoms with Crippen molar-refractivity contribution >= 4 is 39.1 Å². The van der Waals surface area contributed by atoms with Crippen LogP contribution in [0, 0.1) is 0 Å². The molecule has 0 heterocycles. The Morgan fingerprint density at radius 3 is 2.13 bits per heavy atom. The lowest BCUT2D eigenvalue weighted by Crippen LogP contribution is -2.54. The third-order valence-corrected chi connectivity index (χ3v) is 9.57. The summed E-state index contributed by atoms with van der Waals surface area (Å²) in [5.41, 5.74) is 1.77. The molecule has 0 unspecified atom stereocenters. The van der Waals surface area contributed by atoms with Crippen molar-refractivity contribution < 1.29 is 22.7 Å². The van der Waals surface area contributed by atoms with Gasteiger partial charge in [-0.3, -0.25) is 13.9 Å². The average Bonchev–Trinajstić information content (AvgIpc) is 3.06. The summed E-state index contributed by atoms with van der Waals surface area (Å²) in [6, 6.07) is 30.0. The number of para-hydroxylation sites is 2. The summed E-state index contributed by atoms with van der Waals surface area (Å²) in [5, 5.41) is 3.52. The molecular formula is C36H40ClN3O5S. The fourth-order valence-corrected chi connectivity index (χ4v) is 6.66. The third-order valence-electron chi connectivity index (χ3n) is 7.56. The number of benzene rings is 4. The highest BCUT2D eigenvalue weighted by molar-refractivity contribution is 7.92. The normalized spacial score (nSPS) is 12.5. The van der Waals surface area contributed by atoms with Gasteiger partial charge in [0.05, 0.1) is 17.2 Å². The van der Waals surface area contributed by atoms with Gasteiger partial charge >= 0.3 is 0 Å². The van der Waals surface area contributed by atoms with E-state index in [1.54, 1.807) is 67.6 Å². The molecule has 0 aliphatic heterocycles. The predicted molar refractivity (Wildman–Crippen MR) is 182 cm³/mol. The van der Waals surface area contributed by atoms with Crippen LogP contribution in [0.25, 0.3) is 0 Å². The number of hydrogen-bond acceptors (Lipinski definition) is 5. The second-order valence-electron chi connectivity index (χ2n) is 10.9. The molecule has 0 spiro atoms. The Kier molecular flexibility index (Phi) is 12.2. The molecule has 4 aromatic rings.